The second-order valence-electron chi connectivity index (χ2n) is 6.40. The highest BCUT2D eigenvalue weighted by atomic mass is 19.1. The van der Waals surface area contributed by atoms with Crippen LogP contribution in [0.15, 0.2) is 18.2 Å². The first kappa shape index (κ1) is 14.5. The number of amides is 1. The lowest BCUT2D eigenvalue weighted by atomic mass is 9.89. The monoisotopic (exact) mass is 290 g/mol. The highest BCUT2D eigenvalue weighted by Crippen LogP contribution is 2.38. The molecule has 1 unspecified atom stereocenters. The van der Waals surface area contributed by atoms with Crippen LogP contribution in [0, 0.1) is 5.82 Å². The summed E-state index contributed by atoms with van der Waals surface area (Å²) in [5.74, 6) is -0.583. The van der Waals surface area contributed by atoms with Crippen LogP contribution >= 0.6 is 0 Å². The van der Waals surface area contributed by atoms with Gasteiger partial charge in [-0.05, 0) is 48.9 Å². The molecule has 1 aromatic rings. The molecule has 0 aliphatic heterocycles. The largest absolute Gasteiger partial charge is 0.368 e. The third kappa shape index (κ3) is 2.69. The van der Waals surface area contributed by atoms with Crippen molar-refractivity contribution in [1.29, 1.82) is 0 Å². The lowest BCUT2D eigenvalue weighted by molar-refractivity contribution is -0.125. The van der Waals surface area contributed by atoms with E-state index in [4.69, 9.17) is 5.73 Å². The first-order valence-corrected chi connectivity index (χ1v) is 7.98. The molecule has 0 heterocycles. The molecule has 1 amide bonds. The first-order chi connectivity index (χ1) is 10.1. The van der Waals surface area contributed by atoms with Gasteiger partial charge in [-0.1, -0.05) is 31.7 Å². The van der Waals surface area contributed by atoms with Crippen molar-refractivity contribution in [2.24, 2.45) is 5.73 Å². The van der Waals surface area contributed by atoms with E-state index in [9.17, 15) is 9.18 Å². The van der Waals surface area contributed by atoms with Gasteiger partial charge in [0.05, 0.1) is 0 Å². The number of nitrogens with one attached hydrogen (secondary N) is 1. The highest BCUT2D eigenvalue weighted by Gasteiger charge is 2.45. The average molecular weight is 290 g/mol. The Morgan fingerprint density at radius 3 is 2.62 bits per heavy atom. The number of carbonyl (C=O) groups is 1. The van der Waals surface area contributed by atoms with Gasteiger partial charge in [0.2, 0.25) is 5.91 Å². The van der Waals surface area contributed by atoms with E-state index in [0.717, 1.165) is 24.0 Å². The zero-order valence-electron chi connectivity index (χ0n) is 12.3. The molecule has 2 aliphatic rings. The Balaban J connectivity index is 1.90. The van der Waals surface area contributed by atoms with Crippen LogP contribution in [0.2, 0.25) is 0 Å². The Morgan fingerprint density at radius 2 is 1.95 bits per heavy atom. The maximum Gasteiger partial charge on any atom is 0.242 e. The van der Waals surface area contributed by atoms with Crippen molar-refractivity contribution >= 4 is 5.91 Å². The van der Waals surface area contributed by atoms with Gasteiger partial charge in [-0.2, -0.15) is 0 Å². The van der Waals surface area contributed by atoms with E-state index in [-0.39, 0.29) is 11.7 Å². The summed E-state index contributed by atoms with van der Waals surface area (Å²) in [5.41, 5.74) is 6.73. The maximum atomic E-state index is 13.4. The molecule has 3 N–H and O–H groups in total. The average Bonchev–Trinajstić information content (AvgIpc) is 2.64. The van der Waals surface area contributed by atoms with Gasteiger partial charge in [0.25, 0.3) is 0 Å². The smallest absolute Gasteiger partial charge is 0.242 e. The third-order valence-corrected chi connectivity index (χ3v) is 5.02. The minimum absolute atomic E-state index is 0.247. The quantitative estimate of drug-likeness (QED) is 0.841. The summed E-state index contributed by atoms with van der Waals surface area (Å²) in [5, 5.41) is 3.55. The number of fused-ring (bicyclic) bond motifs is 1. The van der Waals surface area contributed by atoms with E-state index in [1.165, 1.54) is 37.8 Å². The number of rotatable bonds is 3. The molecule has 2 aliphatic carbocycles. The van der Waals surface area contributed by atoms with Crippen LogP contribution < -0.4 is 11.1 Å². The molecule has 114 valence electrons. The normalized spacial score (nSPS) is 26.3. The topological polar surface area (TPSA) is 55.1 Å². The van der Waals surface area contributed by atoms with E-state index < -0.39 is 5.54 Å². The zero-order valence-corrected chi connectivity index (χ0v) is 12.3. The number of aryl methyl sites for hydroxylation is 1. The molecule has 0 aromatic heterocycles. The predicted octanol–water partition coefficient (Wildman–Crippen LogP) is 2.76. The van der Waals surface area contributed by atoms with Gasteiger partial charge in [0.1, 0.15) is 11.4 Å². The molecule has 3 nitrogen and oxygen atoms in total. The number of nitrogens with two attached hydrogens (primary N) is 1. The van der Waals surface area contributed by atoms with Gasteiger partial charge < -0.3 is 5.73 Å². The van der Waals surface area contributed by atoms with Crippen LogP contribution in [0.4, 0.5) is 4.39 Å². The summed E-state index contributed by atoms with van der Waals surface area (Å²) in [6.07, 6.45) is 8.45. The Hall–Kier alpha value is -1.42. The molecule has 1 atom stereocenters. The van der Waals surface area contributed by atoms with Crippen LogP contribution in [-0.2, 0) is 16.8 Å². The fourth-order valence-corrected chi connectivity index (χ4v) is 3.89. The number of carbonyl (C=O) groups excluding carboxylic acids is 1. The first-order valence-electron chi connectivity index (χ1n) is 7.98. The summed E-state index contributed by atoms with van der Waals surface area (Å²) in [6, 6.07) is 5.02. The number of benzene rings is 1. The van der Waals surface area contributed by atoms with Crippen molar-refractivity contribution in [2.75, 3.05) is 0 Å². The summed E-state index contributed by atoms with van der Waals surface area (Å²) >= 11 is 0. The molecule has 4 heteroatoms. The van der Waals surface area contributed by atoms with E-state index >= 15 is 0 Å². The predicted molar refractivity (Wildman–Crippen MR) is 80.2 cm³/mol. The van der Waals surface area contributed by atoms with Gasteiger partial charge in [-0.3, -0.25) is 10.1 Å². The molecule has 1 saturated carbocycles. The molecule has 1 aromatic carbocycles. The van der Waals surface area contributed by atoms with Crippen molar-refractivity contribution in [3.05, 3.63) is 35.1 Å². The standard InChI is InChI=1S/C17H23FN2O/c18-13-7-8-15-12(11-13)9-10-17(15,16(19)21)20-14-5-3-1-2-4-6-14/h7-8,11,14,20H,1-6,9-10H2,(H2,19,21). The van der Waals surface area contributed by atoms with Crippen LogP contribution in [0.3, 0.4) is 0 Å². The summed E-state index contributed by atoms with van der Waals surface area (Å²) in [7, 11) is 0. The lowest BCUT2D eigenvalue weighted by Gasteiger charge is -2.33. The van der Waals surface area contributed by atoms with Crippen molar-refractivity contribution in [2.45, 2.75) is 62.9 Å². The molecule has 0 radical (unpaired) electrons. The molecule has 0 bridgehead atoms. The number of primary amides is 1. The Kier molecular flexibility index (Phi) is 3.98. The van der Waals surface area contributed by atoms with Gasteiger partial charge in [0.15, 0.2) is 0 Å². The Morgan fingerprint density at radius 1 is 1.24 bits per heavy atom. The van der Waals surface area contributed by atoms with E-state index in [1.54, 1.807) is 6.07 Å². The van der Waals surface area contributed by atoms with E-state index in [2.05, 4.69) is 5.32 Å². The number of hydrogen-bond acceptors (Lipinski definition) is 2. The molecular weight excluding hydrogens is 267 g/mol. The SMILES string of the molecule is NC(=O)C1(NC2CCCCCC2)CCc2cc(F)ccc21. The van der Waals surface area contributed by atoms with Gasteiger partial charge >= 0.3 is 0 Å². The fourth-order valence-electron chi connectivity index (χ4n) is 3.89. The fraction of sp³-hybridized carbons (Fsp3) is 0.588. The van der Waals surface area contributed by atoms with Crippen molar-refractivity contribution in [3.63, 3.8) is 0 Å². The molecule has 0 saturated heterocycles. The molecular formula is C17H23FN2O. The van der Waals surface area contributed by atoms with Crippen molar-refractivity contribution < 1.29 is 9.18 Å². The van der Waals surface area contributed by atoms with Gasteiger partial charge in [-0.25, -0.2) is 4.39 Å². The Labute approximate surface area is 125 Å². The van der Waals surface area contributed by atoms with Gasteiger partial charge in [0, 0.05) is 6.04 Å². The molecule has 1 fully saturated rings. The second-order valence-corrected chi connectivity index (χ2v) is 6.40. The third-order valence-electron chi connectivity index (χ3n) is 5.02. The Bertz CT molecular complexity index is 538. The summed E-state index contributed by atoms with van der Waals surface area (Å²) in [6.45, 7) is 0. The maximum absolute atomic E-state index is 13.4. The number of halogens is 1. The zero-order chi connectivity index (χ0) is 14.9. The molecule has 0 spiro atoms. The van der Waals surface area contributed by atoms with Gasteiger partial charge in [-0.15, -0.1) is 0 Å². The van der Waals surface area contributed by atoms with Crippen LogP contribution in [0.5, 0.6) is 0 Å². The second kappa shape index (κ2) is 5.76. The van der Waals surface area contributed by atoms with Crippen molar-refractivity contribution in [3.8, 4) is 0 Å². The highest BCUT2D eigenvalue weighted by molar-refractivity contribution is 5.87. The molecule has 3 rings (SSSR count). The van der Waals surface area contributed by atoms with E-state index in [1.807, 2.05) is 0 Å². The summed E-state index contributed by atoms with van der Waals surface area (Å²) in [4.78, 5) is 12.2. The lowest BCUT2D eigenvalue weighted by Crippen LogP contribution is -2.54. The van der Waals surface area contributed by atoms with Crippen LogP contribution in [0.1, 0.15) is 56.1 Å². The number of hydrogen-bond donors (Lipinski definition) is 2. The molecule has 21 heavy (non-hydrogen) atoms. The van der Waals surface area contributed by atoms with Crippen molar-refractivity contribution in [1.82, 2.24) is 5.32 Å². The summed E-state index contributed by atoms with van der Waals surface area (Å²) < 4.78 is 13.4. The minimum atomic E-state index is -0.807. The van der Waals surface area contributed by atoms with Crippen LogP contribution in [0.25, 0.3) is 0 Å². The van der Waals surface area contributed by atoms with E-state index in [0.29, 0.717) is 18.9 Å². The minimum Gasteiger partial charge on any atom is -0.368 e. The van der Waals surface area contributed by atoms with Crippen LogP contribution in [-0.4, -0.2) is 11.9 Å².